The molecule has 3 aromatic rings. The summed E-state index contributed by atoms with van der Waals surface area (Å²) in [5.74, 6) is -0.126. The van der Waals surface area contributed by atoms with E-state index in [0.717, 1.165) is 11.3 Å². The normalized spacial score (nSPS) is 12.3. The Hall–Kier alpha value is -2.63. The zero-order chi connectivity index (χ0) is 19.4. The van der Waals surface area contributed by atoms with Crippen molar-refractivity contribution in [3.8, 4) is 5.69 Å². The monoisotopic (exact) mass is 400 g/mol. The summed E-state index contributed by atoms with van der Waals surface area (Å²) in [6, 6.07) is 13.1. The zero-order valence-electron chi connectivity index (χ0n) is 14.9. The first-order valence-electron chi connectivity index (χ1n) is 8.31. The number of nitrogens with zero attached hydrogens (tertiary/aromatic N) is 4. The second-order valence-electron chi connectivity index (χ2n) is 6.03. The maximum Gasteiger partial charge on any atom is 0.246 e. The van der Waals surface area contributed by atoms with Gasteiger partial charge in [0.25, 0.3) is 0 Å². The van der Waals surface area contributed by atoms with Gasteiger partial charge >= 0.3 is 0 Å². The molecule has 0 aliphatic carbocycles. The van der Waals surface area contributed by atoms with Crippen LogP contribution < -0.4 is 0 Å². The van der Waals surface area contributed by atoms with Gasteiger partial charge in [-0.3, -0.25) is 4.79 Å². The van der Waals surface area contributed by atoms with E-state index in [1.807, 2.05) is 37.3 Å². The fraction of sp³-hybridized carbons (Fsp3) is 0.150. The van der Waals surface area contributed by atoms with E-state index < -0.39 is 0 Å². The lowest BCUT2D eigenvalue weighted by Gasteiger charge is -2.24. The van der Waals surface area contributed by atoms with Crippen LogP contribution in [-0.4, -0.2) is 32.6 Å². The second kappa shape index (κ2) is 8.37. The van der Waals surface area contributed by atoms with Crippen molar-refractivity contribution in [3.63, 3.8) is 0 Å². The van der Waals surface area contributed by atoms with Gasteiger partial charge in [-0.15, -0.1) is 0 Å². The molecule has 1 heterocycles. The van der Waals surface area contributed by atoms with Crippen LogP contribution in [0.4, 0.5) is 0 Å². The molecule has 0 bridgehead atoms. The molecule has 138 valence electrons. The van der Waals surface area contributed by atoms with E-state index in [1.54, 1.807) is 41.2 Å². The first-order chi connectivity index (χ1) is 13.0. The van der Waals surface area contributed by atoms with Crippen LogP contribution in [0.25, 0.3) is 11.8 Å². The lowest BCUT2D eigenvalue weighted by molar-refractivity contribution is -0.126. The summed E-state index contributed by atoms with van der Waals surface area (Å²) in [5, 5.41) is 4.99. The molecule has 1 atom stereocenters. The summed E-state index contributed by atoms with van der Waals surface area (Å²) in [7, 11) is 1.77. The van der Waals surface area contributed by atoms with Gasteiger partial charge in [-0.05, 0) is 42.3 Å². The summed E-state index contributed by atoms with van der Waals surface area (Å²) < 4.78 is 1.68. The maximum absolute atomic E-state index is 12.5. The topological polar surface area (TPSA) is 51.0 Å². The molecule has 0 N–H and O–H groups in total. The Morgan fingerprint density at radius 1 is 1.19 bits per heavy atom. The molecule has 27 heavy (non-hydrogen) atoms. The van der Waals surface area contributed by atoms with E-state index in [1.165, 1.54) is 12.4 Å². The quantitative estimate of drug-likeness (QED) is 0.577. The average molecular weight is 401 g/mol. The summed E-state index contributed by atoms with van der Waals surface area (Å²) >= 11 is 12.2. The van der Waals surface area contributed by atoms with Crippen molar-refractivity contribution in [2.75, 3.05) is 7.05 Å². The molecule has 2 aromatic carbocycles. The molecule has 3 rings (SSSR count). The Kier molecular flexibility index (Phi) is 5.94. The van der Waals surface area contributed by atoms with Crippen LogP contribution in [0.1, 0.15) is 24.1 Å². The fourth-order valence-corrected chi connectivity index (χ4v) is 2.96. The third-order valence-electron chi connectivity index (χ3n) is 4.37. The molecule has 7 heteroatoms. The van der Waals surface area contributed by atoms with Gasteiger partial charge in [0.1, 0.15) is 12.7 Å². The predicted molar refractivity (Wildman–Crippen MR) is 108 cm³/mol. The highest BCUT2D eigenvalue weighted by molar-refractivity contribution is 6.42. The molecule has 0 fully saturated rings. The first-order valence-corrected chi connectivity index (χ1v) is 9.07. The van der Waals surface area contributed by atoms with Gasteiger partial charge in [-0.1, -0.05) is 47.5 Å². The molecule has 0 saturated carbocycles. The Morgan fingerprint density at radius 3 is 2.59 bits per heavy atom. The Labute approximate surface area is 167 Å². The van der Waals surface area contributed by atoms with Crippen LogP contribution in [0.3, 0.4) is 0 Å². The summed E-state index contributed by atoms with van der Waals surface area (Å²) in [4.78, 5) is 18.1. The largest absolute Gasteiger partial charge is 0.335 e. The average Bonchev–Trinajstić information content (AvgIpc) is 3.22. The SMILES string of the molecule is CC(c1ccc(-n2cncn2)cc1)N(C)C(=O)/C=C/c1cccc(Cl)c1Cl. The van der Waals surface area contributed by atoms with Crippen molar-refractivity contribution in [3.05, 3.63) is 82.4 Å². The molecular formula is C20H18Cl2N4O. The van der Waals surface area contributed by atoms with Crippen molar-refractivity contribution in [2.45, 2.75) is 13.0 Å². The summed E-state index contributed by atoms with van der Waals surface area (Å²) in [6.07, 6.45) is 6.30. The number of rotatable bonds is 5. The Balaban J connectivity index is 1.70. The maximum atomic E-state index is 12.5. The Bertz CT molecular complexity index is 953. The van der Waals surface area contributed by atoms with Crippen LogP contribution in [0.5, 0.6) is 0 Å². The molecule has 0 radical (unpaired) electrons. The number of likely N-dealkylation sites (N-methyl/N-ethyl adjacent to an activating group) is 1. The van der Waals surface area contributed by atoms with Gasteiger partial charge in [0, 0.05) is 13.1 Å². The van der Waals surface area contributed by atoms with Gasteiger partial charge in [-0.25, -0.2) is 9.67 Å². The number of benzene rings is 2. The number of aromatic nitrogens is 3. The minimum absolute atomic E-state index is 0.0956. The van der Waals surface area contributed by atoms with Crippen LogP contribution >= 0.6 is 23.2 Å². The zero-order valence-corrected chi connectivity index (χ0v) is 16.4. The van der Waals surface area contributed by atoms with Crippen LogP contribution in [0.2, 0.25) is 10.0 Å². The van der Waals surface area contributed by atoms with E-state index in [0.29, 0.717) is 15.6 Å². The van der Waals surface area contributed by atoms with E-state index in [9.17, 15) is 4.79 Å². The van der Waals surface area contributed by atoms with E-state index in [4.69, 9.17) is 23.2 Å². The van der Waals surface area contributed by atoms with Crippen molar-refractivity contribution in [1.29, 1.82) is 0 Å². The van der Waals surface area contributed by atoms with Gasteiger partial charge in [0.2, 0.25) is 5.91 Å². The molecule has 1 amide bonds. The van der Waals surface area contributed by atoms with Crippen molar-refractivity contribution < 1.29 is 4.79 Å². The number of hydrogen-bond acceptors (Lipinski definition) is 3. The minimum atomic E-state index is -0.126. The fourth-order valence-electron chi connectivity index (χ4n) is 2.59. The van der Waals surface area contributed by atoms with Gasteiger partial charge in [-0.2, -0.15) is 5.10 Å². The standard InChI is InChI=1S/C20H18Cl2N4O/c1-14(15-6-9-17(10-7-15)26-13-23-12-24-26)25(2)19(27)11-8-16-4-3-5-18(21)20(16)22/h3-14H,1-2H3/b11-8+. The van der Waals surface area contributed by atoms with Gasteiger partial charge in [0.15, 0.2) is 0 Å². The highest BCUT2D eigenvalue weighted by atomic mass is 35.5. The Morgan fingerprint density at radius 2 is 1.93 bits per heavy atom. The summed E-state index contributed by atoms with van der Waals surface area (Å²) in [5.41, 5.74) is 2.63. The third kappa shape index (κ3) is 4.38. The van der Waals surface area contributed by atoms with Crippen molar-refractivity contribution in [2.24, 2.45) is 0 Å². The third-order valence-corrected chi connectivity index (χ3v) is 5.21. The van der Waals surface area contributed by atoms with Crippen LogP contribution in [-0.2, 0) is 4.79 Å². The molecule has 5 nitrogen and oxygen atoms in total. The summed E-state index contributed by atoms with van der Waals surface area (Å²) in [6.45, 7) is 1.97. The molecule has 0 aliphatic rings. The lowest BCUT2D eigenvalue weighted by atomic mass is 10.1. The molecule has 0 spiro atoms. The second-order valence-corrected chi connectivity index (χ2v) is 6.82. The predicted octanol–water partition coefficient (Wildman–Crippen LogP) is 4.81. The van der Waals surface area contributed by atoms with E-state index >= 15 is 0 Å². The first kappa shape index (κ1) is 19.1. The molecular weight excluding hydrogens is 383 g/mol. The van der Waals surface area contributed by atoms with Gasteiger partial charge in [0.05, 0.1) is 21.8 Å². The number of carbonyl (C=O) groups is 1. The number of hydrogen-bond donors (Lipinski definition) is 0. The smallest absolute Gasteiger partial charge is 0.246 e. The number of halogens is 2. The molecule has 0 aliphatic heterocycles. The number of amides is 1. The van der Waals surface area contributed by atoms with Gasteiger partial charge < -0.3 is 4.90 Å². The van der Waals surface area contributed by atoms with Crippen LogP contribution in [0.15, 0.2) is 61.2 Å². The minimum Gasteiger partial charge on any atom is -0.335 e. The van der Waals surface area contributed by atoms with E-state index in [-0.39, 0.29) is 11.9 Å². The van der Waals surface area contributed by atoms with Crippen LogP contribution in [0, 0.1) is 0 Å². The highest BCUT2D eigenvalue weighted by Crippen LogP contribution is 2.27. The number of carbonyl (C=O) groups excluding carboxylic acids is 1. The molecule has 0 saturated heterocycles. The van der Waals surface area contributed by atoms with E-state index in [2.05, 4.69) is 10.1 Å². The van der Waals surface area contributed by atoms with Crippen molar-refractivity contribution in [1.82, 2.24) is 19.7 Å². The van der Waals surface area contributed by atoms with Crippen molar-refractivity contribution >= 4 is 35.2 Å². The lowest BCUT2D eigenvalue weighted by Crippen LogP contribution is -2.28. The molecule has 1 aromatic heterocycles. The molecule has 1 unspecified atom stereocenters. The highest BCUT2D eigenvalue weighted by Gasteiger charge is 2.15.